The van der Waals surface area contributed by atoms with E-state index in [1.165, 1.54) is 21.7 Å². The average molecular weight is 447 g/mol. The Labute approximate surface area is 195 Å². The van der Waals surface area contributed by atoms with Crippen LogP contribution in [0.3, 0.4) is 0 Å². The van der Waals surface area contributed by atoms with Gasteiger partial charge in [-0.2, -0.15) is 0 Å². The summed E-state index contributed by atoms with van der Waals surface area (Å²) < 4.78 is 0. The highest BCUT2D eigenvalue weighted by molar-refractivity contribution is 8.18. The van der Waals surface area contributed by atoms with Gasteiger partial charge in [0.1, 0.15) is 0 Å². The fourth-order valence-electron chi connectivity index (χ4n) is 4.58. The number of amides is 2. The quantitative estimate of drug-likeness (QED) is 0.483. The molecule has 32 heavy (non-hydrogen) atoms. The smallest absolute Gasteiger partial charge is 0.293 e. The number of thioether (sulfide) groups is 1. The third-order valence-electron chi connectivity index (χ3n) is 6.16. The molecule has 1 fully saturated rings. The minimum atomic E-state index is -0.220. The molecule has 0 radical (unpaired) electrons. The number of imide groups is 1. The topological polar surface area (TPSA) is 40.6 Å². The number of carbonyl (C=O) groups is 2. The van der Waals surface area contributed by atoms with Gasteiger partial charge in [0, 0.05) is 17.8 Å². The lowest BCUT2D eigenvalue weighted by atomic mass is 9.86. The number of hydrogen-bond donors (Lipinski definition) is 0. The van der Waals surface area contributed by atoms with E-state index >= 15 is 0 Å². The van der Waals surface area contributed by atoms with Gasteiger partial charge < -0.3 is 4.90 Å². The summed E-state index contributed by atoms with van der Waals surface area (Å²) in [7, 11) is 0. The van der Waals surface area contributed by atoms with Crippen LogP contribution in [0.2, 0.25) is 0 Å². The Morgan fingerprint density at radius 2 is 1.78 bits per heavy atom. The number of hydrogen-bond acceptors (Lipinski definition) is 4. The molecule has 1 saturated heterocycles. The molecule has 4 nitrogen and oxygen atoms in total. The summed E-state index contributed by atoms with van der Waals surface area (Å²) in [5, 5.41) is -0.215. The Bertz CT molecular complexity index is 1130. The molecule has 4 rings (SSSR count). The summed E-state index contributed by atoms with van der Waals surface area (Å²) in [6.45, 7) is 12.2. The summed E-state index contributed by atoms with van der Waals surface area (Å²) >= 11 is 1.02. The number of aryl methyl sites for hydroxylation is 1. The Balaban J connectivity index is 1.67. The van der Waals surface area contributed by atoms with Crippen molar-refractivity contribution in [2.45, 2.75) is 53.1 Å². The second-order valence-corrected chi connectivity index (χ2v) is 10.1. The van der Waals surface area contributed by atoms with Crippen LogP contribution in [0, 0.1) is 6.92 Å². The number of rotatable bonds is 5. The zero-order valence-electron chi connectivity index (χ0n) is 19.4. The summed E-state index contributed by atoms with van der Waals surface area (Å²) in [5.74, 6) is -0.220. The van der Waals surface area contributed by atoms with Gasteiger partial charge in [-0.3, -0.25) is 14.5 Å². The predicted molar refractivity (Wildman–Crippen MR) is 135 cm³/mol. The highest BCUT2D eigenvalue weighted by Crippen LogP contribution is 2.41. The lowest BCUT2D eigenvalue weighted by Crippen LogP contribution is -2.45. The van der Waals surface area contributed by atoms with E-state index in [0.29, 0.717) is 11.4 Å². The second kappa shape index (κ2) is 8.62. The highest BCUT2D eigenvalue weighted by atomic mass is 32.2. The standard InChI is InChI=1S/C27H30N2O2S/c1-6-12-29-23-13-18(2)21(14-22(23)19(3)16-27(29,4)5)15-24-25(30)28(26(31)32-24)17-20-10-8-7-9-11-20/h7-11,13-16H,6,12,17H2,1-5H3/b24-15+. The van der Waals surface area contributed by atoms with E-state index in [1.54, 1.807) is 0 Å². The zero-order chi connectivity index (χ0) is 23.0. The van der Waals surface area contributed by atoms with E-state index in [9.17, 15) is 9.59 Å². The monoisotopic (exact) mass is 446 g/mol. The van der Waals surface area contributed by atoms with Gasteiger partial charge in [0.2, 0.25) is 0 Å². The maximum atomic E-state index is 13.0. The molecule has 0 aliphatic carbocycles. The van der Waals surface area contributed by atoms with Gasteiger partial charge in [-0.15, -0.1) is 0 Å². The summed E-state index contributed by atoms with van der Waals surface area (Å²) in [5.41, 5.74) is 6.66. The maximum absolute atomic E-state index is 13.0. The second-order valence-electron chi connectivity index (χ2n) is 9.11. The van der Waals surface area contributed by atoms with Crippen LogP contribution in [0.4, 0.5) is 10.5 Å². The number of carbonyl (C=O) groups excluding carboxylic acids is 2. The van der Waals surface area contributed by atoms with E-state index in [-0.39, 0.29) is 16.7 Å². The van der Waals surface area contributed by atoms with Crippen molar-refractivity contribution in [3.8, 4) is 0 Å². The molecule has 2 aromatic carbocycles. The summed E-state index contributed by atoms with van der Waals surface area (Å²) in [6, 6.07) is 14.0. The van der Waals surface area contributed by atoms with Crippen molar-refractivity contribution in [1.82, 2.24) is 4.90 Å². The van der Waals surface area contributed by atoms with Crippen LogP contribution in [0.15, 0.2) is 53.4 Å². The summed E-state index contributed by atoms with van der Waals surface area (Å²) in [6.07, 6.45) is 5.27. The summed E-state index contributed by atoms with van der Waals surface area (Å²) in [4.78, 5) is 29.8. The molecule has 2 aliphatic heterocycles. The lowest BCUT2D eigenvalue weighted by molar-refractivity contribution is -0.123. The third-order valence-corrected chi connectivity index (χ3v) is 7.06. The molecule has 0 bridgehead atoms. The first-order valence-electron chi connectivity index (χ1n) is 11.1. The van der Waals surface area contributed by atoms with Gasteiger partial charge in [0.15, 0.2) is 0 Å². The van der Waals surface area contributed by atoms with Gasteiger partial charge in [-0.25, -0.2) is 0 Å². The van der Waals surface area contributed by atoms with Gasteiger partial charge in [0.05, 0.1) is 17.0 Å². The molecule has 2 aromatic rings. The van der Waals surface area contributed by atoms with E-state index in [2.05, 4.69) is 57.7 Å². The molecule has 2 heterocycles. The first-order chi connectivity index (χ1) is 15.2. The number of anilines is 1. The molecule has 5 heteroatoms. The fraction of sp³-hybridized carbons (Fsp3) is 0.333. The molecular formula is C27H30N2O2S. The van der Waals surface area contributed by atoms with Crippen LogP contribution in [0.1, 0.15) is 56.4 Å². The molecule has 2 aliphatic rings. The van der Waals surface area contributed by atoms with Gasteiger partial charge in [0.25, 0.3) is 11.1 Å². The number of allylic oxidation sites excluding steroid dienone is 1. The molecule has 0 atom stereocenters. The predicted octanol–water partition coefficient (Wildman–Crippen LogP) is 6.64. The van der Waals surface area contributed by atoms with E-state index in [0.717, 1.165) is 41.4 Å². The normalized spacial score (nSPS) is 18.9. The molecule has 0 unspecified atom stereocenters. The third kappa shape index (κ3) is 4.14. The van der Waals surface area contributed by atoms with Crippen molar-refractivity contribution in [2.24, 2.45) is 0 Å². The first kappa shape index (κ1) is 22.4. The van der Waals surface area contributed by atoms with Gasteiger partial charge in [-0.1, -0.05) is 43.3 Å². The van der Waals surface area contributed by atoms with Crippen molar-refractivity contribution in [3.63, 3.8) is 0 Å². The molecular weight excluding hydrogens is 416 g/mol. The maximum Gasteiger partial charge on any atom is 0.293 e. The largest absolute Gasteiger partial charge is 0.362 e. The van der Waals surface area contributed by atoms with E-state index < -0.39 is 0 Å². The SMILES string of the molecule is CCCN1c2cc(C)c(/C=C3/SC(=O)N(Cc4ccccc4)C3=O)cc2C(C)=CC1(C)C. The Morgan fingerprint density at radius 3 is 2.47 bits per heavy atom. The van der Waals surface area contributed by atoms with Crippen molar-refractivity contribution in [2.75, 3.05) is 11.4 Å². The highest BCUT2D eigenvalue weighted by Gasteiger charge is 2.35. The van der Waals surface area contributed by atoms with Gasteiger partial charge in [-0.05, 0) is 86.3 Å². The van der Waals surface area contributed by atoms with E-state index in [1.807, 2.05) is 36.4 Å². The van der Waals surface area contributed by atoms with Crippen LogP contribution in [0.25, 0.3) is 11.6 Å². The van der Waals surface area contributed by atoms with Crippen molar-refractivity contribution in [1.29, 1.82) is 0 Å². The average Bonchev–Trinajstić information content (AvgIpc) is 3.00. The molecule has 0 saturated carbocycles. The first-order valence-corrected chi connectivity index (χ1v) is 11.9. The number of fused-ring (bicyclic) bond motifs is 1. The minimum absolute atomic E-state index is 0.0405. The number of nitrogens with zero attached hydrogens (tertiary/aromatic N) is 2. The van der Waals surface area contributed by atoms with Gasteiger partial charge >= 0.3 is 0 Å². The number of benzene rings is 2. The molecule has 0 spiro atoms. The van der Waals surface area contributed by atoms with Crippen molar-refractivity contribution >= 4 is 40.2 Å². The Morgan fingerprint density at radius 1 is 1.06 bits per heavy atom. The van der Waals surface area contributed by atoms with Crippen molar-refractivity contribution < 1.29 is 9.59 Å². The van der Waals surface area contributed by atoms with Crippen LogP contribution < -0.4 is 4.90 Å². The Hall–Kier alpha value is -2.79. The molecule has 0 aromatic heterocycles. The van der Waals surface area contributed by atoms with E-state index in [4.69, 9.17) is 0 Å². The van der Waals surface area contributed by atoms with Crippen molar-refractivity contribution in [3.05, 3.63) is 75.7 Å². The van der Waals surface area contributed by atoms with Crippen LogP contribution in [-0.4, -0.2) is 28.1 Å². The lowest BCUT2D eigenvalue weighted by Gasteiger charge is -2.43. The van der Waals surface area contributed by atoms with Crippen LogP contribution in [-0.2, 0) is 11.3 Å². The minimum Gasteiger partial charge on any atom is -0.362 e. The van der Waals surface area contributed by atoms with Crippen LogP contribution >= 0.6 is 11.8 Å². The fourth-order valence-corrected chi connectivity index (χ4v) is 5.40. The molecule has 2 amide bonds. The van der Waals surface area contributed by atoms with Crippen LogP contribution in [0.5, 0.6) is 0 Å². The zero-order valence-corrected chi connectivity index (χ0v) is 20.3. The Kier molecular flexibility index (Phi) is 6.04. The molecule has 166 valence electrons. The molecule has 0 N–H and O–H groups in total.